The molecule has 0 aliphatic carbocycles. The summed E-state index contributed by atoms with van der Waals surface area (Å²) in [6.07, 6.45) is 5.87. The van der Waals surface area contributed by atoms with Crippen LogP contribution in [0.3, 0.4) is 0 Å². The topological polar surface area (TPSA) is 29.5 Å². The Kier molecular flexibility index (Phi) is 6.25. The Balaban J connectivity index is 1.85. The molecule has 2 aromatic carbocycles. The van der Waals surface area contributed by atoms with Crippen LogP contribution in [0, 0.1) is 12.3 Å². The van der Waals surface area contributed by atoms with E-state index in [2.05, 4.69) is 5.92 Å². The fraction of sp³-hybridized carbons (Fsp3) is 0.250. The van der Waals surface area contributed by atoms with Crippen molar-refractivity contribution in [2.75, 3.05) is 19.7 Å². The Labute approximate surface area is 178 Å². The van der Waals surface area contributed by atoms with Crippen LogP contribution in [-0.2, 0) is 21.6 Å². The number of ether oxygens (including phenoxy) is 1. The highest BCUT2D eigenvalue weighted by molar-refractivity contribution is 6.42. The molecule has 3 rings (SSSR count). The van der Waals surface area contributed by atoms with E-state index in [9.17, 15) is 4.79 Å². The number of hydrogen-bond donors (Lipinski definition) is 0. The monoisotopic (exact) mass is 441 g/mol. The quantitative estimate of drug-likeness (QED) is 0.609. The van der Waals surface area contributed by atoms with Crippen LogP contribution in [0.15, 0.2) is 36.4 Å². The van der Waals surface area contributed by atoms with Crippen LogP contribution in [0.5, 0.6) is 0 Å². The molecule has 1 unspecified atom stereocenters. The number of amides is 1. The minimum Gasteiger partial charge on any atom is -0.354 e. The van der Waals surface area contributed by atoms with E-state index in [4.69, 9.17) is 57.6 Å². The molecule has 2 aromatic rings. The van der Waals surface area contributed by atoms with Crippen LogP contribution in [-0.4, -0.2) is 30.5 Å². The fourth-order valence-corrected chi connectivity index (χ4v) is 3.82. The lowest BCUT2D eigenvalue weighted by atomic mass is 9.92. The second-order valence-corrected chi connectivity index (χ2v) is 7.77. The summed E-state index contributed by atoms with van der Waals surface area (Å²) in [4.78, 5) is 14.5. The Morgan fingerprint density at radius 3 is 2.44 bits per heavy atom. The van der Waals surface area contributed by atoms with Crippen molar-refractivity contribution in [3.8, 4) is 12.3 Å². The molecule has 1 atom stereocenters. The van der Waals surface area contributed by atoms with Crippen LogP contribution < -0.4 is 0 Å². The van der Waals surface area contributed by atoms with Crippen molar-refractivity contribution in [3.05, 3.63) is 67.6 Å². The van der Waals surface area contributed by atoms with Crippen molar-refractivity contribution >= 4 is 52.3 Å². The van der Waals surface area contributed by atoms with E-state index in [1.54, 1.807) is 41.3 Å². The lowest BCUT2D eigenvalue weighted by Crippen LogP contribution is -2.51. The van der Waals surface area contributed by atoms with Gasteiger partial charge in [-0.2, -0.15) is 0 Å². The van der Waals surface area contributed by atoms with Gasteiger partial charge in [-0.15, -0.1) is 6.42 Å². The largest absolute Gasteiger partial charge is 0.354 e. The molecule has 1 fully saturated rings. The van der Waals surface area contributed by atoms with Crippen LogP contribution >= 0.6 is 46.4 Å². The predicted octanol–water partition coefficient (Wildman–Crippen LogP) is 5.23. The zero-order valence-electron chi connectivity index (χ0n) is 14.1. The molecule has 1 aliphatic rings. The molecule has 0 N–H and O–H groups in total. The van der Waals surface area contributed by atoms with Gasteiger partial charge in [-0.05, 0) is 35.4 Å². The summed E-state index contributed by atoms with van der Waals surface area (Å²) in [7, 11) is 0. The molecule has 1 amide bonds. The first-order valence-electron chi connectivity index (χ1n) is 8.14. The number of hydrogen-bond acceptors (Lipinski definition) is 2. The Morgan fingerprint density at radius 1 is 1.11 bits per heavy atom. The summed E-state index contributed by atoms with van der Waals surface area (Å²) in [5.41, 5.74) is 0.178. The maximum absolute atomic E-state index is 12.9. The van der Waals surface area contributed by atoms with E-state index in [0.717, 1.165) is 0 Å². The van der Waals surface area contributed by atoms with E-state index in [-0.39, 0.29) is 18.9 Å². The minimum absolute atomic E-state index is 0.0839. The van der Waals surface area contributed by atoms with Crippen molar-refractivity contribution in [3.63, 3.8) is 0 Å². The van der Waals surface area contributed by atoms with E-state index in [1.165, 1.54) is 0 Å². The highest BCUT2D eigenvalue weighted by Crippen LogP contribution is 2.34. The van der Waals surface area contributed by atoms with Gasteiger partial charge in [-0.25, -0.2) is 0 Å². The van der Waals surface area contributed by atoms with Crippen LogP contribution in [0.2, 0.25) is 20.1 Å². The number of halogens is 4. The first kappa shape index (κ1) is 20.3. The molecule has 1 saturated heterocycles. The van der Waals surface area contributed by atoms with Gasteiger partial charge in [0.15, 0.2) is 5.60 Å². The molecule has 1 heterocycles. The molecule has 1 aliphatic heterocycles. The SMILES string of the molecule is C#CC1(c2ccc(Cl)c(Cl)c2)CN(C(=O)Cc2c(Cl)cccc2Cl)CCO1. The summed E-state index contributed by atoms with van der Waals surface area (Å²) in [5, 5.41) is 1.71. The molecule has 0 spiro atoms. The number of rotatable bonds is 3. The van der Waals surface area contributed by atoms with Gasteiger partial charge in [0.25, 0.3) is 0 Å². The number of carbonyl (C=O) groups is 1. The lowest BCUT2D eigenvalue weighted by Gasteiger charge is -2.40. The van der Waals surface area contributed by atoms with Gasteiger partial charge in [0.2, 0.25) is 5.91 Å². The van der Waals surface area contributed by atoms with Crippen LogP contribution in [0.25, 0.3) is 0 Å². The van der Waals surface area contributed by atoms with Gasteiger partial charge in [-0.1, -0.05) is 64.5 Å². The smallest absolute Gasteiger partial charge is 0.227 e. The zero-order valence-corrected chi connectivity index (χ0v) is 17.2. The average molecular weight is 443 g/mol. The molecule has 3 nitrogen and oxygen atoms in total. The number of nitrogens with zero attached hydrogens (tertiary/aromatic N) is 1. The van der Waals surface area contributed by atoms with Gasteiger partial charge < -0.3 is 9.64 Å². The molecule has 0 aromatic heterocycles. The Hall–Kier alpha value is -1.41. The highest BCUT2D eigenvalue weighted by Gasteiger charge is 2.39. The summed E-state index contributed by atoms with van der Waals surface area (Å²) in [6, 6.07) is 10.2. The highest BCUT2D eigenvalue weighted by atomic mass is 35.5. The Morgan fingerprint density at radius 2 is 1.81 bits per heavy atom. The standard InChI is InChI=1S/C20H15Cl4NO2/c1-2-20(13-6-7-17(23)18(24)10-13)12-25(8-9-27-20)19(26)11-14-15(21)4-3-5-16(14)22/h1,3-7,10H,8-9,11-12H2. The first-order chi connectivity index (χ1) is 12.9. The van der Waals surface area contributed by atoms with Gasteiger partial charge in [-0.3, -0.25) is 4.79 Å². The summed E-state index contributed by atoms with van der Waals surface area (Å²) in [5.74, 6) is 2.55. The third-order valence-electron chi connectivity index (χ3n) is 4.48. The van der Waals surface area contributed by atoms with Crippen LogP contribution in [0.1, 0.15) is 11.1 Å². The van der Waals surface area contributed by atoms with E-state index in [0.29, 0.717) is 44.4 Å². The van der Waals surface area contributed by atoms with Gasteiger partial charge in [0.05, 0.1) is 29.6 Å². The maximum Gasteiger partial charge on any atom is 0.227 e. The first-order valence-corrected chi connectivity index (χ1v) is 9.65. The number of carbonyl (C=O) groups excluding carboxylic acids is 1. The molecule has 140 valence electrons. The second-order valence-electron chi connectivity index (χ2n) is 6.14. The van der Waals surface area contributed by atoms with E-state index in [1.807, 2.05) is 0 Å². The molecule has 0 bridgehead atoms. The van der Waals surface area contributed by atoms with Crippen molar-refractivity contribution in [1.29, 1.82) is 0 Å². The van der Waals surface area contributed by atoms with E-state index >= 15 is 0 Å². The Bertz CT molecular complexity index is 904. The maximum atomic E-state index is 12.9. The molecular weight excluding hydrogens is 428 g/mol. The molecule has 7 heteroatoms. The van der Waals surface area contributed by atoms with E-state index < -0.39 is 5.60 Å². The van der Waals surface area contributed by atoms with Crippen molar-refractivity contribution in [2.24, 2.45) is 0 Å². The van der Waals surface area contributed by atoms with Crippen molar-refractivity contribution < 1.29 is 9.53 Å². The zero-order chi connectivity index (χ0) is 19.6. The molecule has 0 radical (unpaired) electrons. The minimum atomic E-state index is -1.09. The van der Waals surface area contributed by atoms with Gasteiger partial charge in [0, 0.05) is 16.6 Å². The number of morpholine rings is 1. The summed E-state index contributed by atoms with van der Waals surface area (Å²) >= 11 is 24.5. The average Bonchev–Trinajstić information content (AvgIpc) is 2.66. The van der Waals surface area contributed by atoms with Crippen molar-refractivity contribution in [2.45, 2.75) is 12.0 Å². The molecule has 0 saturated carbocycles. The third kappa shape index (κ3) is 4.21. The summed E-state index contributed by atoms with van der Waals surface area (Å²) < 4.78 is 5.89. The molecule has 27 heavy (non-hydrogen) atoms. The predicted molar refractivity (Wildman–Crippen MR) is 110 cm³/mol. The summed E-state index contributed by atoms with van der Waals surface area (Å²) in [6.45, 7) is 0.917. The number of terminal acetylenes is 1. The van der Waals surface area contributed by atoms with Gasteiger partial charge in [0.1, 0.15) is 0 Å². The lowest BCUT2D eigenvalue weighted by molar-refractivity contribution is -0.143. The van der Waals surface area contributed by atoms with Crippen LogP contribution in [0.4, 0.5) is 0 Å². The third-order valence-corrected chi connectivity index (χ3v) is 5.93. The normalized spacial score (nSPS) is 19.6. The second kappa shape index (κ2) is 8.31. The molecular formula is C20H15Cl4NO2. The fourth-order valence-electron chi connectivity index (χ4n) is 2.99. The number of benzene rings is 2. The van der Waals surface area contributed by atoms with Crippen molar-refractivity contribution in [1.82, 2.24) is 4.90 Å². The van der Waals surface area contributed by atoms with Gasteiger partial charge >= 0.3 is 0 Å².